The van der Waals surface area contributed by atoms with Gasteiger partial charge in [0.05, 0.1) is 37.3 Å². The first kappa shape index (κ1) is 38.3. The molecule has 0 amide bonds. The first-order valence-electron chi connectivity index (χ1n) is 19.7. The molecule has 0 saturated heterocycles. The number of rotatable bonds is 14. The van der Waals surface area contributed by atoms with Gasteiger partial charge < -0.3 is 31.9 Å². The van der Waals surface area contributed by atoms with Crippen molar-refractivity contribution in [3.8, 4) is 11.5 Å². The number of benzene rings is 2. The van der Waals surface area contributed by atoms with Crippen molar-refractivity contribution in [2.75, 3.05) is 6.61 Å². The topological polar surface area (TPSA) is 86.7 Å². The molecule has 8 unspecified atom stereocenters. The van der Waals surface area contributed by atoms with Crippen LogP contribution in [0.25, 0.3) is 0 Å². The van der Waals surface area contributed by atoms with E-state index in [0.717, 1.165) is 69.8 Å². The smallest absolute Gasteiger partial charge is 0.212 e. The molecule has 0 bridgehead atoms. The molecule has 8 rings (SSSR count). The summed E-state index contributed by atoms with van der Waals surface area (Å²) in [4.78, 5) is 5.63. The van der Waals surface area contributed by atoms with Gasteiger partial charge in [-0.15, -0.1) is 12.6 Å². The summed E-state index contributed by atoms with van der Waals surface area (Å²) >= 11 is 4.66. The lowest BCUT2D eigenvalue weighted by Gasteiger charge is -2.53. The van der Waals surface area contributed by atoms with E-state index >= 15 is 0 Å². The van der Waals surface area contributed by atoms with E-state index in [2.05, 4.69) is 82.2 Å². The molecule has 8 atom stereocenters. The molecule has 0 aliphatic carbocycles. The van der Waals surface area contributed by atoms with E-state index in [1.165, 1.54) is 0 Å². The molecule has 0 saturated carbocycles. The van der Waals surface area contributed by atoms with E-state index in [1.54, 1.807) is 25.1 Å². The van der Waals surface area contributed by atoms with Crippen LogP contribution < -0.4 is 9.47 Å². The molecule has 294 valence electrons. The number of furan rings is 4. The Bertz CT molecular complexity index is 2150. The van der Waals surface area contributed by atoms with Gasteiger partial charge in [0.1, 0.15) is 35.1 Å². The summed E-state index contributed by atoms with van der Waals surface area (Å²) in [5.74, 6) is 4.77. The number of hydrogen-bond acceptors (Lipinski definition) is 10. The minimum atomic E-state index is -0.522. The third-order valence-corrected chi connectivity index (χ3v) is 12.6. The number of nitrogens with zero attached hydrogens (tertiary/aromatic N) is 2. The zero-order valence-corrected chi connectivity index (χ0v) is 33.9. The maximum absolute atomic E-state index is 7.16. The van der Waals surface area contributed by atoms with Crippen molar-refractivity contribution >= 4 is 12.6 Å². The predicted molar refractivity (Wildman–Crippen MR) is 216 cm³/mol. The van der Waals surface area contributed by atoms with Crippen molar-refractivity contribution in [1.29, 1.82) is 0 Å². The van der Waals surface area contributed by atoms with Gasteiger partial charge in [-0.1, -0.05) is 45.0 Å². The fourth-order valence-electron chi connectivity index (χ4n) is 8.73. The first-order valence-corrected chi connectivity index (χ1v) is 20.2. The van der Waals surface area contributed by atoms with Gasteiger partial charge in [-0.05, 0) is 113 Å². The van der Waals surface area contributed by atoms with Crippen LogP contribution in [0.4, 0.5) is 0 Å². The summed E-state index contributed by atoms with van der Waals surface area (Å²) in [5.41, 5.74) is 1.15. The summed E-state index contributed by atoms with van der Waals surface area (Å²) in [6, 6.07) is 29.6. The van der Waals surface area contributed by atoms with Crippen LogP contribution in [0, 0.1) is 5.92 Å². The monoisotopic (exact) mass is 776 g/mol. The SMILES string of the molecule is CCC(C)(CC(C)N1C(c2ccco2)Oc2ccccc2C1c1ccco1)OCC(C)C(C)(CC)N1C(c2ccco2)Oc2cc(S)ccc2C1c1ccco1. The van der Waals surface area contributed by atoms with Crippen LogP contribution in [0.5, 0.6) is 11.5 Å². The summed E-state index contributed by atoms with van der Waals surface area (Å²) in [6.45, 7) is 14.0. The van der Waals surface area contributed by atoms with Crippen molar-refractivity contribution < 1.29 is 31.9 Å². The van der Waals surface area contributed by atoms with E-state index < -0.39 is 23.6 Å². The number of hydrogen-bond donors (Lipinski definition) is 1. The van der Waals surface area contributed by atoms with Crippen LogP contribution in [-0.4, -0.2) is 33.6 Å². The van der Waals surface area contributed by atoms with Crippen molar-refractivity contribution in [1.82, 2.24) is 9.80 Å². The standard InChI is InChI=1S/C46H52N2O7S/c1-7-45(5,28-31(4)47-41(36-17-11-23-49-36)33-15-9-10-16-35(33)54-43(47)38-19-13-25-51-38)53-29-30(3)46(6,8-2)48-42(37-18-12-24-50-37)34-22-21-32(56)27-40(34)55-44(48)39-20-14-26-52-39/h9-27,30-31,41-44,56H,7-8,28-29H2,1-6H3. The van der Waals surface area contributed by atoms with Gasteiger partial charge in [0, 0.05) is 27.6 Å². The zero-order chi connectivity index (χ0) is 39.0. The third kappa shape index (κ3) is 7.02. The van der Waals surface area contributed by atoms with E-state index in [0.29, 0.717) is 6.61 Å². The molecule has 6 aromatic rings. The maximum Gasteiger partial charge on any atom is 0.212 e. The molecular formula is C46H52N2O7S. The van der Waals surface area contributed by atoms with E-state index in [4.69, 9.17) is 31.9 Å². The molecule has 0 spiro atoms. The quantitative estimate of drug-likeness (QED) is 0.109. The van der Waals surface area contributed by atoms with Crippen LogP contribution in [0.15, 0.2) is 139 Å². The predicted octanol–water partition coefficient (Wildman–Crippen LogP) is 11.8. The van der Waals surface area contributed by atoms with Crippen molar-refractivity contribution in [2.45, 2.75) is 107 Å². The molecule has 2 aromatic carbocycles. The highest BCUT2D eigenvalue weighted by molar-refractivity contribution is 7.80. The molecule has 0 radical (unpaired) electrons. The molecule has 2 aliphatic rings. The molecule has 56 heavy (non-hydrogen) atoms. The second-order valence-corrected chi connectivity index (χ2v) is 16.2. The highest BCUT2D eigenvalue weighted by Gasteiger charge is 2.51. The Labute approximate surface area is 334 Å². The lowest BCUT2D eigenvalue weighted by Crippen LogP contribution is -2.57. The number of ether oxygens (including phenoxy) is 3. The Morgan fingerprint density at radius 3 is 1.84 bits per heavy atom. The number of fused-ring (bicyclic) bond motifs is 2. The van der Waals surface area contributed by atoms with Crippen LogP contribution in [0.1, 0.15) is 120 Å². The van der Waals surface area contributed by atoms with E-state index in [1.807, 2.05) is 72.8 Å². The van der Waals surface area contributed by atoms with Gasteiger partial charge in [-0.2, -0.15) is 0 Å². The van der Waals surface area contributed by atoms with Crippen LogP contribution >= 0.6 is 12.6 Å². The molecule has 0 N–H and O–H groups in total. The Balaban J connectivity index is 1.10. The normalized spacial score (nSPS) is 23.2. The molecular weight excluding hydrogens is 725 g/mol. The summed E-state index contributed by atoms with van der Waals surface area (Å²) in [6.07, 6.45) is 8.24. The average Bonchev–Trinajstić information content (AvgIpc) is 4.07. The van der Waals surface area contributed by atoms with Crippen molar-refractivity contribution in [3.05, 3.63) is 150 Å². The summed E-state index contributed by atoms with van der Waals surface area (Å²) < 4.78 is 45.2. The van der Waals surface area contributed by atoms with Crippen LogP contribution in [-0.2, 0) is 4.74 Å². The minimum Gasteiger partial charge on any atom is -0.467 e. The Morgan fingerprint density at radius 2 is 1.23 bits per heavy atom. The zero-order valence-electron chi connectivity index (χ0n) is 33.0. The van der Waals surface area contributed by atoms with E-state index in [-0.39, 0.29) is 24.0 Å². The summed E-state index contributed by atoms with van der Waals surface area (Å²) in [7, 11) is 0. The number of para-hydroxylation sites is 1. The third-order valence-electron chi connectivity index (χ3n) is 12.3. The second-order valence-electron chi connectivity index (χ2n) is 15.7. The highest BCUT2D eigenvalue weighted by atomic mass is 32.1. The van der Waals surface area contributed by atoms with Gasteiger partial charge in [0.15, 0.2) is 11.5 Å². The average molecular weight is 777 g/mol. The molecule has 2 aliphatic heterocycles. The fraction of sp³-hybridized carbons (Fsp3) is 0.391. The van der Waals surface area contributed by atoms with Crippen molar-refractivity contribution in [2.24, 2.45) is 5.92 Å². The first-order chi connectivity index (χ1) is 27.1. The molecule has 10 heteroatoms. The highest BCUT2D eigenvalue weighted by Crippen LogP contribution is 2.53. The Kier molecular flexibility index (Phi) is 10.8. The Hall–Kier alpha value is -4.61. The molecule has 9 nitrogen and oxygen atoms in total. The van der Waals surface area contributed by atoms with Gasteiger partial charge >= 0.3 is 0 Å². The molecule has 6 heterocycles. The maximum atomic E-state index is 7.16. The van der Waals surface area contributed by atoms with Gasteiger partial charge in [-0.3, -0.25) is 0 Å². The fourth-order valence-corrected chi connectivity index (χ4v) is 8.92. The lowest BCUT2D eigenvalue weighted by atomic mass is 9.79. The molecule has 0 fully saturated rings. The van der Waals surface area contributed by atoms with Gasteiger partial charge in [-0.25, -0.2) is 9.80 Å². The van der Waals surface area contributed by atoms with Crippen molar-refractivity contribution in [3.63, 3.8) is 0 Å². The summed E-state index contributed by atoms with van der Waals surface area (Å²) in [5, 5.41) is 0. The van der Waals surface area contributed by atoms with E-state index in [9.17, 15) is 0 Å². The number of thiol groups is 1. The van der Waals surface area contributed by atoms with Crippen LogP contribution in [0.3, 0.4) is 0 Å². The van der Waals surface area contributed by atoms with Gasteiger partial charge in [0.25, 0.3) is 0 Å². The second kappa shape index (κ2) is 15.7. The Morgan fingerprint density at radius 1 is 0.661 bits per heavy atom. The minimum absolute atomic E-state index is 0.0123. The van der Waals surface area contributed by atoms with Crippen LogP contribution in [0.2, 0.25) is 0 Å². The largest absolute Gasteiger partial charge is 0.467 e. The molecule has 4 aromatic heterocycles. The lowest BCUT2D eigenvalue weighted by molar-refractivity contribution is -0.147. The van der Waals surface area contributed by atoms with Gasteiger partial charge in [0.2, 0.25) is 12.5 Å².